The molecule has 3 rings (SSSR count). The first-order valence-electron chi connectivity index (χ1n) is 7.62. The topological polar surface area (TPSA) is 72.4 Å². The molecule has 2 aromatic heterocycles. The Morgan fingerprint density at radius 2 is 2.41 bits per heavy atom. The monoisotopic (exact) mass is 319 g/mol. The molecule has 5 nitrogen and oxygen atoms in total. The lowest BCUT2D eigenvalue weighted by atomic mass is 9.90. The minimum absolute atomic E-state index is 0.00366. The lowest BCUT2D eigenvalue weighted by Gasteiger charge is -2.39. The van der Waals surface area contributed by atoms with E-state index in [0.717, 1.165) is 30.1 Å². The van der Waals surface area contributed by atoms with Gasteiger partial charge in [0.05, 0.1) is 10.6 Å². The average Bonchev–Trinajstić information content (AvgIpc) is 3.15. The van der Waals surface area contributed by atoms with Crippen LogP contribution in [0.2, 0.25) is 0 Å². The van der Waals surface area contributed by atoms with Crippen LogP contribution < -0.4 is 5.73 Å². The first-order chi connectivity index (χ1) is 10.6. The number of piperidine rings is 1. The summed E-state index contributed by atoms with van der Waals surface area (Å²) in [5.41, 5.74) is 7.23. The summed E-state index contributed by atoms with van der Waals surface area (Å²) in [4.78, 5) is 19.0. The van der Waals surface area contributed by atoms with Gasteiger partial charge >= 0.3 is 0 Å². The number of amides is 1. The fourth-order valence-corrected chi connectivity index (χ4v) is 3.69. The van der Waals surface area contributed by atoms with Crippen molar-refractivity contribution in [2.45, 2.75) is 32.7 Å². The van der Waals surface area contributed by atoms with Gasteiger partial charge in [-0.1, -0.05) is 6.92 Å². The van der Waals surface area contributed by atoms with Gasteiger partial charge in [-0.25, -0.2) is 4.98 Å². The maximum absolute atomic E-state index is 12.8. The van der Waals surface area contributed by atoms with Crippen LogP contribution in [0.25, 0.3) is 11.5 Å². The molecule has 118 valence electrons. The van der Waals surface area contributed by atoms with Crippen molar-refractivity contribution in [2.24, 2.45) is 11.7 Å². The van der Waals surface area contributed by atoms with E-state index in [-0.39, 0.29) is 11.9 Å². The van der Waals surface area contributed by atoms with E-state index in [4.69, 9.17) is 10.2 Å². The van der Waals surface area contributed by atoms with Crippen molar-refractivity contribution in [3.63, 3.8) is 0 Å². The van der Waals surface area contributed by atoms with Crippen LogP contribution in [0.4, 0.5) is 0 Å². The molecule has 6 heteroatoms. The molecule has 0 saturated carbocycles. The Balaban J connectivity index is 1.81. The Hall–Kier alpha value is -1.66. The Morgan fingerprint density at radius 1 is 1.59 bits per heavy atom. The van der Waals surface area contributed by atoms with Crippen LogP contribution in [0.5, 0.6) is 0 Å². The van der Waals surface area contributed by atoms with Gasteiger partial charge in [-0.15, -0.1) is 11.3 Å². The van der Waals surface area contributed by atoms with E-state index in [1.807, 2.05) is 17.2 Å². The molecule has 1 amide bonds. The van der Waals surface area contributed by atoms with Gasteiger partial charge in [-0.2, -0.15) is 0 Å². The van der Waals surface area contributed by atoms with Crippen molar-refractivity contribution < 1.29 is 9.21 Å². The number of nitrogens with zero attached hydrogens (tertiary/aromatic N) is 2. The van der Waals surface area contributed by atoms with Gasteiger partial charge in [0.2, 0.25) is 0 Å². The van der Waals surface area contributed by atoms with E-state index < -0.39 is 0 Å². The maximum atomic E-state index is 12.8. The highest BCUT2D eigenvalue weighted by Gasteiger charge is 2.32. The number of nitrogens with two attached hydrogens (primary N) is 1. The second-order valence-electron chi connectivity index (χ2n) is 5.87. The molecule has 0 bridgehead atoms. The third kappa shape index (κ3) is 2.80. The van der Waals surface area contributed by atoms with Crippen LogP contribution in [0.1, 0.15) is 35.1 Å². The molecule has 2 atom stereocenters. The van der Waals surface area contributed by atoms with Crippen LogP contribution in [0.3, 0.4) is 0 Å². The van der Waals surface area contributed by atoms with E-state index in [9.17, 15) is 4.79 Å². The number of carbonyl (C=O) groups is 1. The predicted molar refractivity (Wildman–Crippen MR) is 86.8 cm³/mol. The first kappa shape index (κ1) is 15.2. The van der Waals surface area contributed by atoms with Gasteiger partial charge in [0, 0.05) is 24.5 Å². The van der Waals surface area contributed by atoms with Crippen molar-refractivity contribution in [3.8, 4) is 11.5 Å². The van der Waals surface area contributed by atoms with E-state index in [1.54, 1.807) is 17.4 Å². The Kier molecular flexibility index (Phi) is 4.31. The van der Waals surface area contributed by atoms with Crippen molar-refractivity contribution in [3.05, 3.63) is 28.3 Å². The standard InChI is InChI=1S/C16H21N3O2S/c1-10-4-3-5-19(14(10)7-17)16(20)12-6-15(21-8-12)13-9-22-11(2)18-13/h6,8-10,14H,3-5,7,17H2,1-2H3/t10-,14+/m0/s1. The third-order valence-corrected chi connectivity index (χ3v) is 5.11. The molecular weight excluding hydrogens is 298 g/mol. The van der Waals surface area contributed by atoms with Gasteiger partial charge in [-0.3, -0.25) is 4.79 Å². The number of thiazole rings is 1. The van der Waals surface area contributed by atoms with Crippen molar-refractivity contribution in [2.75, 3.05) is 13.1 Å². The van der Waals surface area contributed by atoms with Crippen molar-refractivity contribution >= 4 is 17.2 Å². The Bertz CT molecular complexity index is 664. The fraction of sp³-hybridized carbons (Fsp3) is 0.500. The predicted octanol–water partition coefficient (Wildman–Crippen LogP) is 2.91. The van der Waals surface area contributed by atoms with Crippen LogP contribution in [-0.4, -0.2) is 34.9 Å². The zero-order chi connectivity index (χ0) is 15.7. The number of carbonyl (C=O) groups excluding carboxylic acids is 1. The molecule has 0 radical (unpaired) electrons. The summed E-state index contributed by atoms with van der Waals surface area (Å²) in [6, 6.07) is 1.89. The number of hydrogen-bond donors (Lipinski definition) is 1. The number of likely N-dealkylation sites (tertiary alicyclic amines) is 1. The molecule has 22 heavy (non-hydrogen) atoms. The number of aryl methyl sites for hydroxylation is 1. The summed E-state index contributed by atoms with van der Waals surface area (Å²) in [5, 5.41) is 2.92. The Morgan fingerprint density at radius 3 is 3.09 bits per heavy atom. The molecule has 0 unspecified atom stereocenters. The zero-order valence-electron chi connectivity index (χ0n) is 12.9. The Labute approximate surface area is 134 Å². The van der Waals surface area contributed by atoms with E-state index in [2.05, 4.69) is 11.9 Å². The molecule has 0 aliphatic carbocycles. The van der Waals surface area contributed by atoms with E-state index in [1.165, 1.54) is 6.26 Å². The highest BCUT2D eigenvalue weighted by atomic mass is 32.1. The first-order valence-corrected chi connectivity index (χ1v) is 8.50. The van der Waals surface area contributed by atoms with Gasteiger partial charge in [0.25, 0.3) is 5.91 Å². The highest BCUT2D eigenvalue weighted by molar-refractivity contribution is 7.09. The average molecular weight is 319 g/mol. The number of furan rings is 1. The molecule has 1 saturated heterocycles. The summed E-state index contributed by atoms with van der Waals surface area (Å²) in [5.74, 6) is 1.08. The smallest absolute Gasteiger partial charge is 0.257 e. The lowest BCUT2D eigenvalue weighted by molar-refractivity contribution is 0.0532. The van der Waals surface area contributed by atoms with Crippen LogP contribution >= 0.6 is 11.3 Å². The largest absolute Gasteiger partial charge is 0.462 e. The summed E-state index contributed by atoms with van der Waals surface area (Å²) in [6.07, 6.45) is 3.68. The summed E-state index contributed by atoms with van der Waals surface area (Å²) < 4.78 is 5.54. The van der Waals surface area contributed by atoms with Crippen LogP contribution in [0.15, 0.2) is 22.1 Å². The second-order valence-corrected chi connectivity index (χ2v) is 6.93. The van der Waals surface area contributed by atoms with Crippen LogP contribution in [0, 0.1) is 12.8 Å². The number of hydrogen-bond acceptors (Lipinski definition) is 5. The van der Waals surface area contributed by atoms with E-state index >= 15 is 0 Å². The number of aromatic nitrogens is 1. The normalized spacial score (nSPS) is 22.0. The van der Waals surface area contributed by atoms with Crippen molar-refractivity contribution in [1.29, 1.82) is 0 Å². The molecule has 1 fully saturated rings. The molecule has 0 spiro atoms. The highest BCUT2D eigenvalue weighted by Crippen LogP contribution is 2.27. The molecular formula is C16H21N3O2S. The fourth-order valence-electron chi connectivity index (χ4n) is 3.09. The summed E-state index contributed by atoms with van der Waals surface area (Å²) in [7, 11) is 0. The summed E-state index contributed by atoms with van der Waals surface area (Å²) >= 11 is 1.57. The summed E-state index contributed by atoms with van der Waals surface area (Å²) in [6.45, 7) is 5.38. The quantitative estimate of drug-likeness (QED) is 0.944. The molecule has 1 aliphatic rings. The number of rotatable bonds is 3. The second kappa shape index (κ2) is 6.22. The van der Waals surface area contributed by atoms with Crippen molar-refractivity contribution in [1.82, 2.24) is 9.88 Å². The zero-order valence-corrected chi connectivity index (χ0v) is 13.7. The SMILES string of the molecule is Cc1nc(-c2cc(C(=O)N3CCC[C@H](C)[C@H]3CN)co2)cs1. The third-order valence-electron chi connectivity index (χ3n) is 4.34. The minimum Gasteiger partial charge on any atom is -0.462 e. The molecule has 1 aliphatic heterocycles. The molecule has 0 aromatic carbocycles. The van der Waals surface area contributed by atoms with Gasteiger partial charge in [0.1, 0.15) is 12.0 Å². The van der Waals surface area contributed by atoms with Crippen LogP contribution in [-0.2, 0) is 0 Å². The maximum Gasteiger partial charge on any atom is 0.257 e. The lowest BCUT2D eigenvalue weighted by Crippen LogP contribution is -2.51. The van der Waals surface area contributed by atoms with Gasteiger partial charge in [0.15, 0.2) is 5.76 Å². The molecule has 3 heterocycles. The minimum atomic E-state index is 0.00366. The van der Waals surface area contributed by atoms with Gasteiger partial charge < -0.3 is 15.1 Å². The molecule has 2 aromatic rings. The van der Waals surface area contributed by atoms with E-state index in [0.29, 0.717) is 23.8 Å². The van der Waals surface area contributed by atoms with Gasteiger partial charge in [-0.05, 0) is 31.7 Å². The molecule has 2 N–H and O–H groups in total.